The number of hydrogen-bond donors (Lipinski definition) is 9. The predicted octanol–water partition coefficient (Wildman–Crippen LogP) is -3.35. The predicted molar refractivity (Wildman–Crippen MR) is 114 cm³/mol. The van der Waals surface area contributed by atoms with Crippen LogP contribution >= 0.6 is 0 Å². The highest BCUT2D eigenvalue weighted by Crippen LogP contribution is 2.12. The standard InChI is InChI=1S/C20H28N4O10/c1-9(26)16(20(33)34)24-19(32)14(8-25)23-18(31)13(6-10-2-4-11(27)5-3-10)22-17(30)12(21)7-15(28)29/h2-5,9,12-14,16,25-27H,6-8,21H2,1H3,(H,22,30)(H,23,31)(H,24,32)(H,28,29)(H,33,34). The Morgan fingerprint density at radius 2 is 1.44 bits per heavy atom. The van der Waals surface area contributed by atoms with Crippen molar-refractivity contribution < 1.29 is 49.5 Å². The van der Waals surface area contributed by atoms with Gasteiger partial charge in [0.2, 0.25) is 17.7 Å². The fraction of sp³-hybridized carbons (Fsp3) is 0.450. The third kappa shape index (κ3) is 9.01. The van der Waals surface area contributed by atoms with Crippen LogP contribution in [-0.2, 0) is 30.4 Å². The molecule has 188 valence electrons. The summed E-state index contributed by atoms with van der Waals surface area (Å²) in [5, 5.41) is 52.7. The zero-order valence-electron chi connectivity index (χ0n) is 18.2. The smallest absolute Gasteiger partial charge is 0.328 e. The van der Waals surface area contributed by atoms with E-state index in [4.69, 9.17) is 15.9 Å². The van der Waals surface area contributed by atoms with E-state index in [0.29, 0.717) is 5.56 Å². The molecule has 0 aliphatic rings. The van der Waals surface area contributed by atoms with Gasteiger partial charge in [0.05, 0.1) is 25.2 Å². The van der Waals surface area contributed by atoms with Gasteiger partial charge in [-0.1, -0.05) is 12.1 Å². The van der Waals surface area contributed by atoms with Crippen molar-refractivity contribution in [1.82, 2.24) is 16.0 Å². The number of carbonyl (C=O) groups excluding carboxylic acids is 3. The van der Waals surface area contributed by atoms with Crippen LogP contribution in [0.1, 0.15) is 18.9 Å². The fourth-order valence-electron chi connectivity index (χ4n) is 2.75. The lowest BCUT2D eigenvalue weighted by molar-refractivity contribution is -0.145. The second-order valence-corrected chi connectivity index (χ2v) is 7.44. The number of benzene rings is 1. The van der Waals surface area contributed by atoms with Crippen molar-refractivity contribution >= 4 is 29.7 Å². The highest BCUT2D eigenvalue weighted by atomic mass is 16.4. The van der Waals surface area contributed by atoms with Crippen LogP contribution < -0.4 is 21.7 Å². The van der Waals surface area contributed by atoms with E-state index in [1.54, 1.807) is 0 Å². The van der Waals surface area contributed by atoms with E-state index in [1.165, 1.54) is 24.3 Å². The number of aliphatic hydroxyl groups is 2. The van der Waals surface area contributed by atoms with Gasteiger partial charge in [-0.3, -0.25) is 19.2 Å². The van der Waals surface area contributed by atoms with Crippen molar-refractivity contribution in [3.63, 3.8) is 0 Å². The van der Waals surface area contributed by atoms with E-state index < -0.39 is 73.0 Å². The molecule has 14 heteroatoms. The molecule has 0 heterocycles. The summed E-state index contributed by atoms with van der Waals surface area (Å²) >= 11 is 0. The maximum atomic E-state index is 12.8. The lowest BCUT2D eigenvalue weighted by Crippen LogP contribution is -2.59. The number of carbonyl (C=O) groups is 5. The molecule has 0 fully saturated rings. The normalized spacial score (nSPS) is 15.2. The Labute approximate surface area is 193 Å². The Morgan fingerprint density at radius 3 is 1.91 bits per heavy atom. The SMILES string of the molecule is CC(O)C(NC(=O)C(CO)NC(=O)C(Cc1ccc(O)cc1)NC(=O)C(N)CC(=O)O)C(=O)O. The van der Waals surface area contributed by atoms with Crippen molar-refractivity contribution in [2.45, 2.75) is 50.0 Å². The number of phenols is 1. The fourth-order valence-corrected chi connectivity index (χ4v) is 2.75. The molecule has 0 radical (unpaired) electrons. The van der Waals surface area contributed by atoms with Gasteiger partial charge in [0.15, 0.2) is 6.04 Å². The van der Waals surface area contributed by atoms with E-state index in [0.717, 1.165) is 6.92 Å². The van der Waals surface area contributed by atoms with Crippen molar-refractivity contribution in [3.8, 4) is 5.75 Å². The molecular formula is C20H28N4O10. The lowest BCUT2D eigenvalue weighted by atomic mass is 10.0. The zero-order chi connectivity index (χ0) is 26.0. The van der Waals surface area contributed by atoms with Crippen molar-refractivity contribution in [2.24, 2.45) is 5.73 Å². The van der Waals surface area contributed by atoms with Crippen LogP contribution in [-0.4, -0.2) is 92.1 Å². The highest BCUT2D eigenvalue weighted by Gasteiger charge is 2.32. The van der Waals surface area contributed by atoms with Crippen LogP contribution in [0.4, 0.5) is 0 Å². The van der Waals surface area contributed by atoms with Crippen LogP contribution in [0.15, 0.2) is 24.3 Å². The van der Waals surface area contributed by atoms with Crippen LogP contribution in [0.5, 0.6) is 5.75 Å². The summed E-state index contributed by atoms with van der Waals surface area (Å²) in [4.78, 5) is 59.4. The number of rotatable bonds is 13. The lowest BCUT2D eigenvalue weighted by Gasteiger charge is -2.25. The monoisotopic (exact) mass is 484 g/mol. The van der Waals surface area contributed by atoms with Gasteiger partial charge < -0.3 is 47.2 Å². The average Bonchev–Trinajstić information content (AvgIpc) is 2.75. The summed E-state index contributed by atoms with van der Waals surface area (Å²) in [5.74, 6) is -5.99. The summed E-state index contributed by atoms with van der Waals surface area (Å²) in [7, 11) is 0. The molecule has 10 N–H and O–H groups in total. The number of aliphatic hydroxyl groups excluding tert-OH is 2. The summed E-state index contributed by atoms with van der Waals surface area (Å²) in [5.41, 5.74) is 5.99. The maximum Gasteiger partial charge on any atom is 0.328 e. The van der Waals surface area contributed by atoms with Gasteiger partial charge >= 0.3 is 11.9 Å². The molecule has 1 aromatic rings. The summed E-state index contributed by atoms with van der Waals surface area (Å²) < 4.78 is 0. The molecule has 1 rings (SSSR count). The van der Waals surface area contributed by atoms with Crippen LogP contribution in [0.2, 0.25) is 0 Å². The molecule has 0 saturated carbocycles. The van der Waals surface area contributed by atoms with Gasteiger partial charge in [-0.2, -0.15) is 0 Å². The molecule has 3 amide bonds. The van der Waals surface area contributed by atoms with E-state index in [9.17, 15) is 39.3 Å². The molecule has 14 nitrogen and oxygen atoms in total. The summed E-state index contributed by atoms with van der Waals surface area (Å²) in [6.07, 6.45) is -2.35. The topological polar surface area (TPSA) is 249 Å². The van der Waals surface area contributed by atoms with E-state index in [1.807, 2.05) is 5.32 Å². The van der Waals surface area contributed by atoms with Crippen molar-refractivity contribution in [3.05, 3.63) is 29.8 Å². The number of carboxylic acids is 2. The Hall–Kier alpha value is -3.75. The first-order valence-electron chi connectivity index (χ1n) is 10.0. The molecule has 5 atom stereocenters. The number of nitrogens with one attached hydrogen (secondary N) is 3. The van der Waals surface area contributed by atoms with E-state index >= 15 is 0 Å². The molecule has 34 heavy (non-hydrogen) atoms. The quantitative estimate of drug-likeness (QED) is 0.134. The van der Waals surface area contributed by atoms with Gasteiger partial charge in [-0.05, 0) is 24.6 Å². The number of hydrogen-bond acceptors (Lipinski definition) is 9. The molecule has 0 aromatic heterocycles. The number of nitrogens with two attached hydrogens (primary N) is 1. The molecule has 0 spiro atoms. The average molecular weight is 484 g/mol. The van der Waals surface area contributed by atoms with E-state index in [2.05, 4.69) is 10.6 Å². The molecule has 0 bridgehead atoms. The van der Waals surface area contributed by atoms with Gasteiger partial charge in [-0.15, -0.1) is 0 Å². The second kappa shape index (κ2) is 13.1. The van der Waals surface area contributed by atoms with Crippen molar-refractivity contribution in [1.29, 1.82) is 0 Å². The zero-order valence-corrected chi connectivity index (χ0v) is 18.2. The Morgan fingerprint density at radius 1 is 0.912 bits per heavy atom. The molecular weight excluding hydrogens is 456 g/mol. The Kier molecular flexibility index (Phi) is 10.9. The highest BCUT2D eigenvalue weighted by molar-refractivity contribution is 5.95. The van der Waals surface area contributed by atoms with Gasteiger partial charge in [0.25, 0.3) is 0 Å². The molecule has 0 aliphatic heterocycles. The third-order valence-electron chi connectivity index (χ3n) is 4.60. The van der Waals surface area contributed by atoms with Gasteiger partial charge in [0.1, 0.15) is 17.8 Å². The Balaban J connectivity index is 3.03. The number of phenolic OH excluding ortho intramolecular Hbond substituents is 1. The summed E-state index contributed by atoms with van der Waals surface area (Å²) in [6.45, 7) is 0.178. The second-order valence-electron chi connectivity index (χ2n) is 7.44. The first-order chi connectivity index (χ1) is 15.8. The van der Waals surface area contributed by atoms with Gasteiger partial charge in [0, 0.05) is 6.42 Å². The Bertz CT molecular complexity index is 890. The molecule has 0 aliphatic carbocycles. The van der Waals surface area contributed by atoms with Crippen LogP contribution in [0.3, 0.4) is 0 Å². The number of aromatic hydroxyl groups is 1. The number of aliphatic carboxylic acids is 2. The molecule has 5 unspecified atom stereocenters. The van der Waals surface area contributed by atoms with Crippen LogP contribution in [0, 0.1) is 0 Å². The van der Waals surface area contributed by atoms with Gasteiger partial charge in [-0.25, -0.2) is 4.79 Å². The molecule has 0 saturated heterocycles. The minimum absolute atomic E-state index is 0.0552. The minimum atomic E-state index is -1.71. The van der Waals surface area contributed by atoms with E-state index in [-0.39, 0.29) is 12.2 Å². The third-order valence-corrected chi connectivity index (χ3v) is 4.60. The number of amides is 3. The summed E-state index contributed by atoms with van der Waals surface area (Å²) in [6, 6.07) is -0.648. The molecule has 1 aromatic carbocycles. The maximum absolute atomic E-state index is 12.8. The first kappa shape index (κ1) is 28.3. The largest absolute Gasteiger partial charge is 0.508 e. The minimum Gasteiger partial charge on any atom is -0.508 e. The first-order valence-corrected chi connectivity index (χ1v) is 10.0. The van der Waals surface area contributed by atoms with Crippen molar-refractivity contribution in [2.75, 3.05) is 6.61 Å². The van der Waals surface area contributed by atoms with Crippen LogP contribution in [0.25, 0.3) is 0 Å². The number of carboxylic acid groups (broad SMARTS) is 2.